The predicted molar refractivity (Wildman–Crippen MR) is 276 cm³/mol. The first kappa shape index (κ1) is 38.3. The zero-order chi connectivity index (χ0) is 44.8. The largest absolute Gasteiger partial charge is 0.456 e. The molecule has 2 aromatic heterocycles. The van der Waals surface area contributed by atoms with E-state index in [2.05, 4.69) is 200 Å². The summed E-state index contributed by atoms with van der Waals surface area (Å²) in [6.45, 7) is 0. The summed E-state index contributed by atoms with van der Waals surface area (Å²) < 4.78 is 6.47. The second-order valence-corrected chi connectivity index (χ2v) is 17.8. The van der Waals surface area contributed by atoms with Crippen molar-refractivity contribution in [2.45, 2.75) is 5.41 Å². The van der Waals surface area contributed by atoms with Crippen LogP contribution in [0.3, 0.4) is 0 Å². The maximum absolute atomic E-state index is 6.47. The van der Waals surface area contributed by atoms with Gasteiger partial charge in [0.2, 0.25) is 0 Å². The van der Waals surface area contributed by atoms with Crippen LogP contribution in [0.4, 0.5) is 0 Å². The lowest BCUT2D eigenvalue weighted by molar-refractivity contribution is 0.669. The smallest absolute Gasteiger partial charge is 0.164 e. The van der Waals surface area contributed by atoms with Crippen molar-refractivity contribution in [2.24, 2.45) is 0 Å². The van der Waals surface area contributed by atoms with Crippen LogP contribution >= 0.6 is 0 Å². The molecule has 2 aliphatic rings. The molecule has 0 fully saturated rings. The molecule has 0 aliphatic heterocycles. The molecule has 0 saturated carbocycles. The van der Waals surface area contributed by atoms with E-state index >= 15 is 0 Å². The molecule has 0 amide bonds. The number of aromatic nitrogens is 3. The molecule has 316 valence electrons. The summed E-state index contributed by atoms with van der Waals surface area (Å²) in [6.07, 6.45) is 0. The van der Waals surface area contributed by atoms with Gasteiger partial charge in [-0.05, 0) is 114 Å². The van der Waals surface area contributed by atoms with E-state index in [0.717, 1.165) is 55.3 Å². The summed E-state index contributed by atoms with van der Waals surface area (Å²) in [7, 11) is 0. The van der Waals surface area contributed by atoms with Crippen molar-refractivity contribution in [1.82, 2.24) is 15.0 Å². The third-order valence-corrected chi connectivity index (χ3v) is 14.1. The number of hydrogen-bond donors (Lipinski definition) is 0. The molecule has 12 aromatic rings. The summed E-state index contributed by atoms with van der Waals surface area (Å²) in [5, 5.41) is 2.12. The van der Waals surface area contributed by atoms with Gasteiger partial charge in [-0.25, -0.2) is 15.0 Å². The molecule has 0 radical (unpaired) electrons. The van der Waals surface area contributed by atoms with Gasteiger partial charge in [0, 0.05) is 27.5 Å². The van der Waals surface area contributed by atoms with Crippen molar-refractivity contribution in [2.75, 3.05) is 0 Å². The molecule has 0 bridgehead atoms. The van der Waals surface area contributed by atoms with Crippen LogP contribution < -0.4 is 0 Å². The van der Waals surface area contributed by atoms with Crippen LogP contribution in [0.25, 0.3) is 112 Å². The number of benzene rings is 10. The Balaban J connectivity index is 0.879. The summed E-state index contributed by atoms with van der Waals surface area (Å²) >= 11 is 0. The fourth-order valence-electron chi connectivity index (χ4n) is 11.2. The van der Waals surface area contributed by atoms with Crippen LogP contribution in [-0.2, 0) is 5.41 Å². The quantitative estimate of drug-likeness (QED) is 0.167. The van der Waals surface area contributed by atoms with Crippen LogP contribution in [0.5, 0.6) is 0 Å². The molecule has 1 spiro atoms. The van der Waals surface area contributed by atoms with Gasteiger partial charge >= 0.3 is 0 Å². The van der Waals surface area contributed by atoms with Gasteiger partial charge in [0.15, 0.2) is 17.5 Å². The van der Waals surface area contributed by atoms with Crippen LogP contribution in [-0.4, -0.2) is 15.0 Å². The molecule has 4 heteroatoms. The summed E-state index contributed by atoms with van der Waals surface area (Å²) in [6, 6.07) is 84.7. The van der Waals surface area contributed by atoms with E-state index in [1.807, 2.05) is 36.4 Å². The minimum Gasteiger partial charge on any atom is -0.456 e. The molecule has 14 rings (SSSR count). The van der Waals surface area contributed by atoms with Gasteiger partial charge in [0.25, 0.3) is 0 Å². The van der Waals surface area contributed by atoms with Crippen molar-refractivity contribution in [1.29, 1.82) is 0 Å². The molecule has 68 heavy (non-hydrogen) atoms. The number of furan rings is 1. The highest BCUT2D eigenvalue weighted by atomic mass is 16.3. The van der Waals surface area contributed by atoms with Crippen molar-refractivity contribution in [3.8, 4) is 89.8 Å². The fraction of sp³-hybridized carbons (Fsp3) is 0.0156. The Hall–Kier alpha value is -8.99. The Kier molecular flexibility index (Phi) is 8.46. The molecular formula is C64H39N3O. The highest BCUT2D eigenvalue weighted by Crippen LogP contribution is 2.64. The van der Waals surface area contributed by atoms with E-state index in [-0.39, 0.29) is 0 Å². The van der Waals surface area contributed by atoms with E-state index in [9.17, 15) is 0 Å². The Bertz CT molecular complexity index is 3920. The molecule has 0 N–H and O–H groups in total. The van der Waals surface area contributed by atoms with E-state index in [4.69, 9.17) is 19.4 Å². The number of rotatable bonds is 6. The molecule has 0 saturated heterocycles. The van der Waals surface area contributed by atoms with Gasteiger partial charge in [0.1, 0.15) is 11.2 Å². The molecule has 4 nitrogen and oxygen atoms in total. The first-order valence-electron chi connectivity index (χ1n) is 23.2. The maximum Gasteiger partial charge on any atom is 0.164 e. The fourth-order valence-corrected chi connectivity index (χ4v) is 11.2. The zero-order valence-electron chi connectivity index (χ0n) is 36.8. The molecule has 0 atom stereocenters. The normalized spacial score (nSPS) is 12.8. The van der Waals surface area contributed by atoms with Gasteiger partial charge in [0.05, 0.1) is 5.41 Å². The third kappa shape index (κ3) is 5.77. The van der Waals surface area contributed by atoms with Gasteiger partial charge in [-0.2, -0.15) is 0 Å². The van der Waals surface area contributed by atoms with Crippen LogP contribution in [0.1, 0.15) is 22.3 Å². The summed E-state index contributed by atoms with van der Waals surface area (Å²) in [5.41, 5.74) is 21.3. The monoisotopic (exact) mass is 865 g/mol. The Labute approximate surface area is 393 Å². The second kappa shape index (κ2) is 15.0. The standard InChI is InChI=1S/C64H39N3O/c1-3-16-40(17-4-1)44-33-35-58-54(38-44)52-34-32-47(39-59(52)68-58)63-66-61(41-18-5-2-6-19-41)65-62(67-63)46-23-14-21-43(37-46)42-20-13-22-45(36-42)48-27-15-28-53-51-26-9-12-31-57(51)64(60(48)53)55-29-10-7-24-49(55)50-25-8-11-30-56(50)64/h1-39H. The van der Waals surface area contributed by atoms with E-state index < -0.39 is 5.41 Å². The molecular weight excluding hydrogens is 827 g/mol. The number of nitrogens with zero attached hydrogens (tertiary/aromatic N) is 3. The maximum atomic E-state index is 6.47. The van der Waals surface area contributed by atoms with E-state index in [1.54, 1.807) is 0 Å². The lowest BCUT2D eigenvalue weighted by Crippen LogP contribution is -2.26. The average molecular weight is 866 g/mol. The SMILES string of the molecule is c1ccc(-c2ccc3oc4cc(-c5nc(-c6ccccc6)nc(-c6cccc(-c7cccc(-c8cccc9c8C8(c%10ccccc%10-c%10ccccc%108)c8ccccc8-9)c7)c6)n5)ccc4c3c2)cc1. The first-order chi connectivity index (χ1) is 33.7. The van der Waals surface area contributed by atoms with Crippen molar-refractivity contribution in [3.05, 3.63) is 259 Å². The predicted octanol–water partition coefficient (Wildman–Crippen LogP) is 16.1. The van der Waals surface area contributed by atoms with Gasteiger partial charge < -0.3 is 4.42 Å². The van der Waals surface area contributed by atoms with E-state index in [1.165, 1.54) is 61.2 Å². The number of hydrogen-bond acceptors (Lipinski definition) is 4. The molecule has 0 unspecified atom stereocenters. The lowest BCUT2D eigenvalue weighted by atomic mass is 9.68. The second-order valence-electron chi connectivity index (χ2n) is 17.8. The van der Waals surface area contributed by atoms with Crippen LogP contribution in [0, 0.1) is 0 Å². The lowest BCUT2D eigenvalue weighted by Gasteiger charge is -2.32. The Morgan fingerprint density at radius 2 is 0.706 bits per heavy atom. The highest BCUT2D eigenvalue weighted by molar-refractivity contribution is 6.07. The van der Waals surface area contributed by atoms with Gasteiger partial charge in [-0.15, -0.1) is 0 Å². The Morgan fingerprint density at radius 3 is 1.37 bits per heavy atom. The van der Waals surface area contributed by atoms with Gasteiger partial charge in [-0.1, -0.05) is 200 Å². The summed E-state index contributed by atoms with van der Waals surface area (Å²) in [5.74, 6) is 1.79. The highest BCUT2D eigenvalue weighted by Gasteiger charge is 2.52. The first-order valence-corrected chi connectivity index (χ1v) is 23.2. The van der Waals surface area contributed by atoms with Crippen molar-refractivity contribution in [3.63, 3.8) is 0 Å². The minimum absolute atomic E-state index is 0.445. The molecule has 2 aliphatic carbocycles. The van der Waals surface area contributed by atoms with Crippen molar-refractivity contribution >= 4 is 21.9 Å². The van der Waals surface area contributed by atoms with Crippen LogP contribution in [0.2, 0.25) is 0 Å². The topological polar surface area (TPSA) is 51.8 Å². The van der Waals surface area contributed by atoms with E-state index in [0.29, 0.717) is 17.5 Å². The number of fused-ring (bicyclic) bond motifs is 13. The minimum atomic E-state index is -0.445. The van der Waals surface area contributed by atoms with Gasteiger partial charge in [-0.3, -0.25) is 0 Å². The molecule has 10 aromatic carbocycles. The van der Waals surface area contributed by atoms with Crippen molar-refractivity contribution < 1.29 is 4.42 Å². The zero-order valence-corrected chi connectivity index (χ0v) is 36.8. The summed E-state index contributed by atoms with van der Waals surface area (Å²) in [4.78, 5) is 15.4. The van der Waals surface area contributed by atoms with Crippen LogP contribution in [0.15, 0.2) is 241 Å². The third-order valence-electron chi connectivity index (χ3n) is 14.1. The average Bonchev–Trinajstić information content (AvgIpc) is 4.05. The Morgan fingerprint density at radius 1 is 0.265 bits per heavy atom. The molecule has 2 heterocycles.